The number of oxazole rings is 1. The second-order valence-corrected chi connectivity index (χ2v) is 5.16. The van der Waals surface area contributed by atoms with E-state index in [1.165, 1.54) is 0 Å². The molecule has 0 radical (unpaired) electrons. The second-order valence-electron chi connectivity index (χ2n) is 3.87. The molecule has 3 nitrogen and oxygen atoms in total. The van der Waals surface area contributed by atoms with Crippen LogP contribution >= 0.6 is 27.5 Å². The molecule has 2 N–H and O–H groups in total. The van der Waals surface area contributed by atoms with Crippen molar-refractivity contribution in [1.29, 1.82) is 0 Å². The van der Waals surface area contributed by atoms with E-state index in [0.29, 0.717) is 22.2 Å². The zero-order chi connectivity index (χ0) is 12.7. The second kappa shape index (κ2) is 4.30. The van der Waals surface area contributed by atoms with E-state index in [1.54, 1.807) is 12.1 Å². The first-order valence-corrected chi connectivity index (χ1v) is 6.42. The largest absolute Gasteiger partial charge is 0.436 e. The van der Waals surface area contributed by atoms with Gasteiger partial charge >= 0.3 is 0 Å². The summed E-state index contributed by atoms with van der Waals surface area (Å²) >= 11 is 9.37. The van der Waals surface area contributed by atoms with E-state index in [2.05, 4.69) is 20.9 Å². The average Bonchev–Trinajstić information content (AvgIpc) is 2.74. The highest BCUT2D eigenvalue weighted by atomic mass is 79.9. The smallest absolute Gasteiger partial charge is 0.228 e. The molecule has 0 aliphatic heterocycles. The van der Waals surface area contributed by atoms with Gasteiger partial charge in [0.1, 0.15) is 5.52 Å². The number of nitrogens with two attached hydrogens (primary N) is 1. The van der Waals surface area contributed by atoms with Crippen LogP contribution in [-0.4, -0.2) is 4.98 Å². The first-order valence-electron chi connectivity index (χ1n) is 5.25. The number of nitrogen functional groups attached to an aromatic ring is 1. The van der Waals surface area contributed by atoms with E-state index in [1.807, 2.05) is 24.3 Å². The van der Waals surface area contributed by atoms with Crippen molar-refractivity contribution >= 4 is 44.3 Å². The van der Waals surface area contributed by atoms with E-state index < -0.39 is 0 Å². The molecular weight excluding hydrogens is 316 g/mol. The van der Waals surface area contributed by atoms with E-state index >= 15 is 0 Å². The Hall–Kier alpha value is -1.52. The van der Waals surface area contributed by atoms with Gasteiger partial charge in [-0.15, -0.1) is 0 Å². The number of rotatable bonds is 1. The quantitative estimate of drug-likeness (QED) is 0.671. The Bertz CT molecular complexity index is 739. The maximum Gasteiger partial charge on any atom is 0.228 e. The van der Waals surface area contributed by atoms with Crippen molar-refractivity contribution < 1.29 is 4.42 Å². The fourth-order valence-corrected chi connectivity index (χ4v) is 2.30. The predicted octanol–water partition coefficient (Wildman–Crippen LogP) is 4.49. The zero-order valence-corrected chi connectivity index (χ0v) is 11.5. The summed E-state index contributed by atoms with van der Waals surface area (Å²) < 4.78 is 6.57. The van der Waals surface area contributed by atoms with Crippen LogP contribution in [0.1, 0.15) is 0 Å². The van der Waals surface area contributed by atoms with Gasteiger partial charge in [0.25, 0.3) is 0 Å². The van der Waals surface area contributed by atoms with Gasteiger partial charge in [-0.25, -0.2) is 4.98 Å². The first-order chi connectivity index (χ1) is 8.63. The molecule has 0 aliphatic carbocycles. The van der Waals surface area contributed by atoms with Gasteiger partial charge in [-0.2, -0.15) is 0 Å². The summed E-state index contributed by atoms with van der Waals surface area (Å²) in [5.41, 5.74) is 8.68. The minimum absolute atomic E-state index is 0.520. The summed E-state index contributed by atoms with van der Waals surface area (Å²) in [6.07, 6.45) is 0. The Morgan fingerprint density at radius 3 is 2.83 bits per heavy atom. The number of benzene rings is 2. The van der Waals surface area contributed by atoms with Gasteiger partial charge in [0.2, 0.25) is 5.89 Å². The normalized spacial score (nSPS) is 11.0. The molecular formula is C13H8BrClN2O. The van der Waals surface area contributed by atoms with Crippen LogP contribution in [0, 0.1) is 0 Å². The molecule has 0 unspecified atom stereocenters. The van der Waals surface area contributed by atoms with Crippen LogP contribution in [0.2, 0.25) is 5.02 Å². The molecule has 0 fully saturated rings. The summed E-state index contributed by atoms with van der Waals surface area (Å²) in [6.45, 7) is 0. The fraction of sp³-hybridized carbons (Fsp3) is 0. The van der Waals surface area contributed by atoms with Gasteiger partial charge in [0.15, 0.2) is 5.58 Å². The fourth-order valence-electron chi connectivity index (χ4n) is 1.72. The monoisotopic (exact) mass is 322 g/mol. The minimum Gasteiger partial charge on any atom is -0.436 e. The topological polar surface area (TPSA) is 52.0 Å². The Balaban J connectivity index is 2.22. The van der Waals surface area contributed by atoms with Crippen LogP contribution < -0.4 is 5.73 Å². The number of hydrogen-bond acceptors (Lipinski definition) is 3. The van der Waals surface area contributed by atoms with Crippen LogP contribution in [-0.2, 0) is 0 Å². The molecule has 0 atom stereocenters. The van der Waals surface area contributed by atoms with Crippen molar-refractivity contribution in [3.05, 3.63) is 45.9 Å². The third-order valence-electron chi connectivity index (χ3n) is 2.57. The molecule has 1 heterocycles. The molecule has 0 spiro atoms. The van der Waals surface area contributed by atoms with Gasteiger partial charge < -0.3 is 10.2 Å². The van der Waals surface area contributed by atoms with Crippen molar-refractivity contribution in [1.82, 2.24) is 4.98 Å². The Labute approximate surface area is 117 Å². The molecule has 0 saturated heterocycles. The molecule has 1 aromatic heterocycles. The SMILES string of the molecule is Nc1ccc(Br)c(-c2nc3ccc(Cl)cc3o2)c1. The first kappa shape index (κ1) is 11.6. The standard InChI is InChI=1S/C13H8BrClN2O/c14-10-3-2-8(16)6-9(10)13-17-11-4-1-7(15)5-12(11)18-13/h1-6H,16H2. The maximum absolute atomic E-state index is 5.91. The highest BCUT2D eigenvalue weighted by Crippen LogP contribution is 2.32. The third kappa shape index (κ3) is 1.98. The van der Waals surface area contributed by atoms with Crippen molar-refractivity contribution in [2.24, 2.45) is 0 Å². The van der Waals surface area contributed by atoms with Gasteiger partial charge in [-0.3, -0.25) is 0 Å². The van der Waals surface area contributed by atoms with Crippen molar-refractivity contribution in [3.8, 4) is 11.5 Å². The molecule has 3 rings (SSSR count). The Kier molecular flexibility index (Phi) is 2.76. The molecule has 2 aromatic carbocycles. The summed E-state index contributed by atoms with van der Waals surface area (Å²) in [4.78, 5) is 4.42. The number of nitrogens with zero attached hydrogens (tertiary/aromatic N) is 1. The van der Waals surface area contributed by atoms with Gasteiger partial charge in [-0.05, 0) is 46.3 Å². The predicted molar refractivity (Wildman–Crippen MR) is 76.6 cm³/mol. The minimum atomic E-state index is 0.520. The average molecular weight is 324 g/mol. The van der Waals surface area contributed by atoms with Crippen LogP contribution in [0.4, 0.5) is 5.69 Å². The van der Waals surface area contributed by atoms with Crippen LogP contribution in [0.15, 0.2) is 45.3 Å². The molecule has 5 heteroatoms. The van der Waals surface area contributed by atoms with Crippen LogP contribution in [0.25, 0.3) is 22.6 Å². The Morgan fingerprint density at radius 2 is 2.00 bits per heavy atom. The molecule has 0 aliphatic rings. The highest BCUT2D eigenvalue weighted by Gasteiger charge is 2.11. The summed E-state index contributed by atoms with van der Waals surface area (Å²) in [5, 5.41) is 0.622. The number of anilines is 1. The lowest BCUT2D eigenvalue weighted by Gasteiger charge is -2.00. The number of aromatic nitrogens is 1. The van der Waals surface area contributed by atoms with E-state index in [9.17, 15) is 0 Å². The van der Waals surface area contributed by atoms with Gasteiger partial charge in [0.05, 0.1) is 5.56 Å². The summed E-state index contributed by atoms with van der Waals surface area (Å²) in [7, 11) is 0. The molecule has 0 amide bonds. The van der Waals surface area contributed by atoms with E-state index in [4.69, 9.17) is 21.8 Å². The lowest BCUT2D eigenvalue weighted by molar-refractivity contribution is 0.619. The maximum atomic E-state index is 5.91. The summed E-state index contributed by atoms with van der Waals surface area (Å²) in [6, 6.07) is 10.8. The zero-order valence-electron chi connectivity index (χ0n) is 9.15. The van der Waals surface area contributed by atoms with Crippen molar-refractivity contribution in [2.75, 3.05) is 5.73 Å². The molecule has 3 aromatic rings. The van der Waals surface area contributed by atoms with E-state index in [-0.39, 0.29) is 0 Å². The molecule has 90 valence electrons. The molecule has 0 bridgehead atoms. The van der Waals surface area contributed by atoms with Gasteiger partial charge in [-0.1, -0.05) is 11.6 Å². The lowest BCUT2D eigenvalue weighted by atomic mass is 10.2. The number of halogens is 2. The number of fused-ring (bicyclic) bond motifs is 1. The lowest BCUT2D eigenvalue weighted by Crippen LogP contribution is -1.86. The Morgan fingerprint density at radius 1 is 1.17 bits per heavy atom. The van der Waals surface area contributed by atoms with E-state index in [0.717, 1.165) is 15.6 Å². The number of hydrogen-bond donors (Lipinski definition) is 1. The van der Waals surface area contributed by atoms with Gasteiger partial charge in [0, 0.05) is 21.2 Å². The molecule has 18 heavy (non-hydrogen) atoms. The summed E-state index contributed by atoms with van der Waals surface area (Å²) in [5.74, 6) is 0.520. The third-order valence-corrected chi connectivity index (χ3v) is 3.50. The van der Waals surface area contributed by atoms with Crippen molar-refractivity contribution in [2.45, 2.75) is 0 Å². The molecule has 0 saturated carbocycles. The van der Waals surface area contributed by atoms with Crippen LogP contribution in [0.5, 0.6) is 0 Å². The van der Waals surface area contributed by atoms with Crippen molar-refractivity contribution in [3.63, 3.8) is 0 Å². The highest BCUT2D eigenvalue weighted by molar-refractivity contribution is 9.10. The van der Waals surface area contributed by atoms with Crippen LogP contribution in [0.3, 0.4) is 0 Å².